The van der Waals surface area contributed by atoms with Crippen LogP contribution in [0, 0.1) is 13.8 Å². The molecule has 3 aromatic heterocycles. The fourth-order valence-electron chi connectivity index (χ4n) is 4.65. The molecular weight excluding hydrogens is 440 g/mol. The number of allylic oxidation sites excluding steroid dienone is 5. The fourth-order valence-corrected chi connectivity index (χ4v) is 4.65. The van der Waals surface area contributed by atoms with Crippen molar-refractivity contribution in [3.63, 3.8) is 0 Å². The topological polar surface area (TPSA) is 98.0 Å². The summed E-state index contributed by atoms with van der Waals surface area (Å²) in [6.07, 6.45) is 6.67. The second-order valence-corrected chi connectivity index (χ2v) is 8.73. The number of benzene rings is 1. The number of hydrogen-bond donors (Lipinski definition) is 1. The van der Waals surface area contributed by atoms with E-state index >= 15 is 0 Å². The predicted molar refractivity (Wildman–Crippen MR) is 135 cm³/mol. The van der Waals surface area contributed by atoms with Gasteiger partial charge in [-0.25, -0.2) is 24.5 Å². The lowest BCUT2D eigenvalue weighted by atomic mass is 9.94. The Kier molecular flexibility index (Phi) is 5.63. The number of nitrogens with zero attached hydrogens (tertiary/aromatic N) is 4. The van der Waals surface area contributed by atoms with Crippen LogP contribution in [0.5, 0.6) is 0 Å². The van der Waals surface area contributed by atoms with Gasteiger partial charge in [0.05, 0.1) is 23.3 Å². The van der Waals surface area contributed by atoms with Crippen LogP contribution in [0.25, 0.3) is 27.6 Å². The first kappa shape index (κ1) is 22.4. The average Bonchev–Trinajstić information content (AvgIpc) is 3.20. The maximum atomic E-state index is 12.2. The smallest absolute Gasteiger partial charge is 0.336 e. The van der Waals surface area contributed by atoms with Gasteiger partial charge < -0.3 is 9.67 Å². The summed E-state index contributed by atoms with van der Waals surface area (Å²) in [6, 6.07) is 9.22. The maximum Gasteiger partial charge on any atom is 0.336 e. The van der Waals surface area contributed by atoms with Crippen molar-refractivity contribution in [1.82, 2.24) is 19.5 Å². The van der Waals surface area contributed by atoms with Crippen LogP contribution in [0.15, 0.2) is 54.1 Å². The Labute approximate surface area is 202 Å². The SMILES string of the molecule is CCc1nc2c(C)cc(C)nc2n1Cc1ccc2nc(C3=CC=CCC3=C=O)cc(C(=O)O)c2c1. The van der Waals surface area contributed by atoms with Gasteiger partial charge in [0.25, 0.3) is 0 Å². The Morgan fingerprint density at radius 1 is 1.14 bits per heavy atom. The number of carbonyl (C=O) groups is 1. The van der Waals surface area contributed by atoms with Gasteiger partial charge in [0.1, 0.15) is 17.3 Å². The second-order valence-electron chi connectivity index (χ2n) is 8.73. The van der Waals surface area contributed by atoms with Crippen molar-refractivity contribution in [2.75, 3.05) is 0 Å². The van der Waals surface area contributed by atoms with Crippen LogP contribution < -0.4 is 0 Å². The fraction of sp³-hybridized carbons (Fsp3) is 0.214. The molecule has 1 aliphatic carbocycles. The molecule has 4 aromatic rings. The molecule has 0 fully saturated rings. The first-order valence-corrected chi connectivity index (χ1v) is 11.5. The van der Waals surface area contributed by atoms with Crippen LogP contribution in [0.2, 0.25) is 0 Å². The van der Waals surface area contributed by atoms with E-state index in [1.165, 1.54) is 6.07 Å². The highest BCUT2D eigenvalue weighted by molar-refractivity contribution is 6.04. The monoisotopic (exact) mass is 464 g/mol. The van der Waals surface area contributed by atoms with Crippen LogP contribution in [0.4, 0.5) is 0 Å². The number of aromatic carboxylic acids is 1. The molecule has 3 heterocycles. The number of carbonyl (C=O) groups excluding carboxylic acids is 1. The Bertz CT molecular complexity index is 1640. The average molecular weight is 465 g/mol. The second kappa shape index (κ2) is 8.78. The van der Waals surface area contributed by atoms with Crippen molar-refractivity contribution in [2.45, 2.75) is 40.2 Å². The molecule has 35 heavy (non-hydrogen) atoms. The zero-order valence-electron chi connectivity index (χ0n) is 19.8. The van der Waals surface area contributed by atoms with E-state index in [0.29, 0.717) is 40.7 Å². The summed E-state index contributed by atoms with van der Waals surface area (Å²) in [5.74, 6) is 1.84. The number of hydrogen-bond acceptors (Lipinski definition) is 5. The van der Waals surface area contributed by atoms with Gasteiger partial charge in [-0.1, -0.05) is 31.2 Å². The summed E-state index contributed by atoms with van der Waals surface area (Å²) in [7, 11) is 0. The van der Waals surface area contributed by atoms with Crippen molar-refractivity contribution < 1.29 is 14.7 Å². The van der Waals surface area contributed by atoms with Crippen molar-refractivity contribution in [1.29, 1.82) is 0 Å². The maximum absolute atomic E-state index is 12.2. The number of pyridine rings is 2. The van der Waals surface area contributed by atoms with E-state index < -0.39 is 5.97 Å². The van der Waals surface area contributed by atoms with Gasteiger partial charge >= 0.3 is 5.97 Å². The van der Waals surface area contributed by atoms with E-state index in [1.54, 1.807) is 6.08 Å². The Hall–Kier alpha value is -4.35. The molecule has 0 bridgehead atoms. The number of carboxylic acid groups (broad SMARTS) is 1. The van der Waals surface area contributed by atoms with E-state index in [-0.39, 0.29) is 5.56 Å². The molecule has 0 atom stereocenters. The molecule has 0 aliphatic heterocycles. The number of fused-ring (bicyclic) bond motifs is 2. The largest absolute Gasteiger partial charge is 0.478 e. The Balaban J connectivity index is 1.64. The van der Waals surface area contributed by atoms with Gasteiger partial charge in [-0.2, -0.15) is 0 Å². The first-order chi connectivity index (χ1) is 16.9. The summed E-state index contributed by atoms with van der Waals surface area (Å²) in [4.78, 5) is 37.9. The standard InChI is InChI=1S/C28H24N4O3/c1-4-25-31-26-16(2)11-17(3)29-27(26)32(25)14-18-9-10-23-21(12-18)22(28(34)35)13-24(30-23)20-8-6-5-7-19(20)15-33/h5-6,8-13H,4,7,14H2,1-3H3,(H,34,35). The zero-order valence-corrected chi connectivity index (χ0v) is 19.8. The highest BCUT2D eigenvalue weighted by Crippen LogP contribution is 2.30. The van der Waals surface area contributed by atoms with Crippen LogP contribution in [-0.4, -0.2) is 36.5 Å². The Morgan fingerprint density at radius 3 is 2.71 bits per heavy atom. The quantitative estimate of drug-likeness (QED) is 0.417. The molecule has 0 unspecified atom stereocenters. The van der Waals surface area contributed by atoms with Crippen LogP contribution in [0.1, 0.15) is 52.0 Å². The van der Waals surface area contributed by atoms with Crippen molar-refractivity contribution in [3.05, 3.63) is 88.0 Å². The minimum Gasteiger partial charge on any atom is -0.478 e. The molecule has 0 saturated carbocycles. The van der Waals surface area contributed by atoms with Crippen molar-refractivity contribution in [2.24, 2.45) is 0 Å². The van der Waals surface area contributed by atoms with Crippen LogP contribution >= 0.6 is 0 Å². The van der Waals surface area contributed by atoms with E-state index in [4.69, 9.17) is 9.97 Å². The van der Waals surface area contributed by atoms with E-state index in [0.717, 1.165) is 40.2 Å². The number of imidazole rings is 1. The van der Waals surface area contributed by atoms with Gasteiger partial charge in [0.15, 0.2) is 5.65 Å². The third-order valence-corrected chi connectivity index (χ3v) is 6.31. The van der Waals surface area contributed by atoms with Crippen LogP contribution in [0.3, 0.4) is 0 Å². The normalized spacial score (nSPS) is 13.3. The number of rotatable bonds is 5. The molecule has 0 spiro atoms. The first-order valence-electron chi connectivity index (χ1n) is 11.5. The van der Waals surface area contributed by atoms with Gasteiger partial charge in [0, 0.05) is 35.1 Å². The molecular formula is C28H24N4O3. The highest BCUT2D eigenvalue weighted by Gasteiger charge is 2.19. The molecule has 0 saturated heterocycles. The van der Waals surface area contributed by atoms with Crippen molar-refractivity contribution >= 4 is 39.6 Å². The lowest BCUT2D eigenvalue weighted by Gasteiger charge is -2.14. The minimum absolute atomic E-state index is 0.142. The number of carboxylic acids is 1. The lowest BCUT2D eigenvalue weighted by molar-refractivity contribution is 0.0699. The molecule has 7 nitrogen and oxygen atoms in total. The molecule has 5 rings (SSSR count). The highest BCUT2D eigenvalue weighted by atomic mass is 16.4. The van der Waals surface area contributed by atoms with E-state index in [2.05, 4.69) is 16.5 Å². The van der Waals surface area contributed by atoms with Crippen molar-refractivity contribution in [3.8, 4) is 0 Å². The summed E-state index contributed by atoms with van der Waals surface area (Å²) in [5, 5.41) is 10.5. The zero-order chi connectivity index (χ0) is 24.7. The van der Waals surface area contributed by atoms with Gasteiger partial charge in [-0.3, -0.25) is 0 Å². The third kappa shape index (κ3) is 3.96. The summed E-state index contributed by atoms with van der Waals surface area (Å²) >= 11 is 0. The van der Waals surface area contributed by atoms with Gasteiger partial charge in [0.2, 0.25) is 0 Å². The number of aryl methyl sites for hydroxylation is 3. The summed E-state index contributed by atoms with van der Waals surface area (Å²) in [5.41, 5.74) is 6.88. The minimum atomic E-state index is -1.05. The molecule has 7 heteroatoms. The lowest BCUT2D eigenvalue weighted by Crippen LogP contribution is -2.07. The van der Waals surface area contributed by atoms with E-state index in [1.807, 2.05) is 56.2 Å². The summed E-state index contributed by atoms with van der Waals surface area (Å²) in [6.45, 7) is 6.58. The molecule has 0 radical (unpaired) electrons. The molecule has 174 valence electrons. The van der Waals surface area contributed by atoms with Crippen LogP contribution in [-0.2, 0) is 17.8 Å². The molecule has 1 N–H and O–H groups in total. The molecule has 0 amide bonds. The molecule has 1 aromatic carbocycles. The van der Waals surface area contributed by atoms with Gasteiger partial charge in [-0.05, 0) is 49.2 Å². The predicted octanol–water partition coefficient (Wildman–Crippen LogP) is 5.01. The Morgan fingerprint density at radius 2 is 1.97 bits per heavy atom. The summed E-state index contributed by atoms with van der Waals surface area (Å²) < 4.78 is 2.10. The molecule has 1 aliphatic rings. The third-order valence-electron chi connectivity index (χ3n) is 6.31. The van der Waals surface area contributed by atoms with Gasteiger partial charge in [-0.15, -0.1) is 0 Å². The number of aromatic nitrogens is 4. The van der Waals surface area contributed by atoms with E-state index in [9.17, 15) is 14.7 Å².